The minimum Gasteiger partial charge on any atom is -0.463 e. The molecule has 4 aromatic rings. The first kappa shape index (κ1) is 22.3. The molecule has 0 spiro atoms. The van der Waals surface area contributed by atoms with Crippen molar-refractivity contribution in [2.45, 2.75) is 46.1 Å². The van der Waals surface area contributed by atoms with Crippen LogP contribution in [0.15, 0.2) is 45.8 Å². The molecule has 176 valence electrons. The predicted molar refractivity (Wildman–Crippen MR) is 135 cm³/mol. The lowest BCUT2D eigenvalue weighted by Crippen LogP contribution is -2.30. The maximum absolute atomic E-state index is 13.1. The van der Waals surface area contributed by atoms with E-state index in [1.165, 1.54) is 15.9 Å². The summed E-state index contributed by atoms with van der Waals surface area (Å²) in [5.74, 6) is 0.226. The van der Waals surface area contributed by atoms with Crippen molar-refractivity contribution in [3.8, 4) is 11.5 Å². The van der Waals surface area contributed by atoms with E-state index in [-0.39, 0.29) is 12.5 Å². The number of carbonyl (C=O) groups is 1. The van der Waals surface area contributed by atoms with Crippen molar-refractivity contribution in [3.63, 3.8) is 0 Å². The third-order valence-corrected chi connectivity index (χ3v) is 7.34. The number of hydrogen-bond acceptors (Lipinski definition) is 7. The Labute approximate surface area is 201 Å². The number of rotatable bonds is 7. The second-order valence-electron chi connectivity index (χ2n) is 8.36. The highest BCUT2D eigenvalue weighted by molar-refractivity contribution is 7.22. The molecule has 1 aromatic carbocycles. The fourth-order valence-electron chi connectivity index (χ4n) is 4.43. The number of nitrogens with zero attached hydrogens (tertiary/aromatic N) is 4. The molecule has 0 aliphatic carbocycles. The molecular formula is C25H27N5O3S. The first-order chi connectivity index (χ1) is 16.6. The van der Waals surface area contributed by atoms with Gasteiger partial charge in [0.1, 0.15) is 22.6 Å². The van der Waals surface area contributed by atoms with Crippen molar-refractivity contribution in [2.24, 2.45) is 0 Å². The summed E-state index contributed by atoms with van der Waals surface area (Å²) in [6, 6.07) is 9.57. The van der Waals surface area contributed by atoms with Crippen LogP contribution in [0, 0.1) is 0 Å². The number of furan rings is 1. The highest BCUT2D eigenvalue weighted by Crippen LogP contribution is 2.34. The molecule has 0 atom stereocenters. The lowest BCUT2D eigenvalue weighted by Gasteiger charge is -2.15. The van der Waals surface area contributed by atoms with Gasteiger partial charge in [-0.1, -0.05) is 43.4 Å². The van der Waals surface area contributed by atoms with E-state index in [1.807, 2.05) is 18.2 Å². The van der Waals surface area contributed by atoms with E-state index in [0.717, 1.165) is 60.7 Å². The second kappa shape index (κ2) is 9.42. The van der Waals surface area contributed by atoms with Gasteiger partial charge in [0.2, 0.25) is 5.91 Å². The average molecular weight is 478 g/mol. The van der Waals surface area contributed by atoms with Gasteiger partial charge in [-0.05, 0) is 48.9 Å². The lowest BCUT2D eigenvalue weighted by molar-refractivity contribution is -0.116. The lowest BCUT2D eigenvalue weighted by atomic mass is 10.0. The summed E-state index contributed by atoms with van der Waals surface area (Å²) in [5, 5.41) is 3.89. The smallest absolute Gasteiger partial charge is 0.349 e. The molecule has 8 nitrogen and oxygen atoms in total. The summed E-state index contributed by atoms with van der Waals surface area (Å²) in [7, 11) is 0. The number of anilines is 2. The molecular weight excluding hydrogens is 450 g/mol. The molecule has 0 saturated carbocycles. The third kappa shape index (κ3) is 4.11. The van der Waals surface area contributed by atoms with Gasteiger partial charge in [-0.25, -0.2) is 9.78 Å². The summed E-state index contributed by atoms with van der Waals surface area (Å²) in [6.07, 6.45) is 5.39. The highest BCUT2D eigenvalue weighted by Gasteiger charge is 2.24. The number of carbonyl (C=O) groups excluding carboxylic acids is 1. The van der Waals surface area contributed by atoms with Gasteiger partial charge in [0.25, 0.3) is 0 Å². The monoisotopic (exact) mass is 477 g/mol. The Morgan fingerprint density at radius 1 is 1.09 bits per heavy atom. The van der Waals surface area contributed by atoms with Crippen LogP contribution >= 0.6 is 11.3 Å². The number of aryl methyl sites for hydroxylation is 2. The molecule has 1 aliphatic heterocycles. The largest absolute Gasteiger partial charge is 0.463 e. The van der Waals surface area contributed by atoms with E-state index in [0.29, 0.717) is 21.8 Å². The fourth-order valence-corrected chi connectivity index (χ4v) is 5.54. The van der Waals surface area contributed by atoms with Crippen molar-refractivity contribution in [3.05, 3.63) is 58.2 Å². The Bertz CT molecular complexity index is 1360. The zero-order valence-corrected chi connectivity index (χ0v) is 20.2. The van der Waals surface area contributed by atoms with Crippen LogP contribution in [-0.4, -0.2) is 33.5 Å². The second-order valence-corrected chi connectivity index (χ2v) is 9.31. The van der Waals surface area contributed by atoms with Gasteiger partial charge in [0.05, 0.1) is 6.26 Å². The summed E-state index contributed by atoms with van der Waals surface area (Å²) >= 11 is 1.43. The average Bonchev–Trinajstić information content (AvgIpc) is 3.62. The number of hydrogen-bond donors (Lipinski definition) is 1. The van der Waals surface area contributed by atoms with Gasteiger partial charge in [-0.15, -0.1) is 0 Å². The Morgan fingerprint density at radius 2 is 1.82 bits per heavy atom. The predicted octanol–water partition coefficient (Wildman–Crippen LogP) is 4.48. The van der Waals surface area contributed by atoms with Crippen LogP contribution in [0.1, 0.15) is 37.8 Å². The van der Waals surface area contributed by atoms with Gasteiger partial charge in [0.15, 0.2) is 10.9 Å². The summed E-state index contributed by atoms with van der Waals surface area (Å²) in [5.41, 5.74) is 3.48. The molecule has 4 heterocycles. The van der Waals surface area contributed by atoms with E-state index < -0.39 is 5.69 Å². The SMILES string of the molecule is CCc1cccc(CC)c1NC(=O)Cn1c(=O)nc(-c2ccco2)c2nc(N3CCCC3)sc21. The van der Waals surface area contributed by atoms with Crippen molar-refractivity contribution < 1.29 is 9.21 Å². The van der Waals surface area contributed by atoms with Crippen LogP contribution in [0.5, 0.6) is 0 Å². The fraction of sp³-hybridized carbons (Fsp3) is 0.360. The maximum Gasteiger partial charge on any atom is 0.349 e. The zero-order valence-electron chi connectivity index (χ0n) is 19.3. The van der Waals surface area contributed by atoms with E-state index in [9.17, 15) is 9.59 Å². The van der Waals surface area contributed by atoms with Crippen molar-refractivity contribution in [1.82, 2.24) is 14.5 Å². The Hall–Kier alpha value is -3.46. The first-order valence-corrected chi connectivity index (χ1v) is 12.5. The maximum atomic E-state index is 13.1. The van der Waals surface area contributed by atoms with Crippen molar-refractivity contribution in [1.29, 1.82) is 0 Å². The number of nitrogens with one attached hydrogen (secondary N) is 1. The van der Waals surface area contributed by atoms with Gasteiger partial charge in [0, 0.05) is 18.8 Å². The van der Waals surface area contributed by atoms with Crippen LogP contribution in [0.4, 0.5) is 10.8 Å². The Balaban J connectivity index is 1.55. The van der Waals surface area contributed by atoms with E-state index in [1.54, 1.807) is 18.4 Å². The van der Waals surface area contributed by atoms with Crippen LogP contribution in [0.3, 0.4) is 0 Å². The molecule has 0 bridgehead atoms. The molecule has 34 heavy (non-hydrogen) atoms. The summed E-state index contributed by atoms with van der Waals surface area (Å²) in [6.45, 7) is 5.85. The molecule has 1 aliphatic rings. The molecule has 1 saturated heterocycles. The van der Waals surface area contributed by atoms with Crippen LogP contribution in [0.25, 0.3) is 21.8 Å². The Kier molecular flexibility index (Phi) is 6.19. The molecule has 1 fully saturated rings. The molecule has 1 amide bonds. The molecule has 5 rings (SSSR count). The molecule has 9 heteroatoms. The molecule has 3 aromatic heterocycles. The van der Waals surface area contributed by atoms with Crippen LogP contribution in [-0.2, 0) is 24.2 Å². The van der Waals surface area contributed by atoms with Gasteiger partial charge in [-0.2, -0.15) is 4.98 Å². The van der Waals surface area contributed by atoms with Crippen molar-refractivity contribution in [2.75, 3.05) is 23.3 Å². The van der Waals surface area contributed by atoms with E-state index >= 15 is 0 Å². The third-order valence-electron chi connectivity index (χ3n) is 6.20. The molecule has 1 N–H and O–H groups in total. The zero-order chi connectivity index (χ0) is 23.7. The van der Waals surface area contributed by atoms with Crippen LogP contribution < -0.4 is 15.9 Å². The number of fused-ring (bicyclic) bond motifs is 1. The number of thiazole rings is 1. The topological polar surface area (TPSA) is 93.3 Å². The summed E-state index contributed by atoms with van der Waals surface area (Å²) < 4.78 is 6.95. The summed E-state index contributed by atoms with van der Waals surface area (Å²) in [4.78, 5) is 38.2. The van der Waals surface area contributed by atoms with Crippen molar-refractivity contribution >= 4 is 38.4 Å². The van der Waals surface area contributed by atoms with Gasteiger partial charge in [-0.3, -0.25) is 9.36 Å². The number of amides is 1. The van der Waals surface area contributed by atoms with Gasteiger partial charge < -0.3 is 14.6 Å². The van der Waals surface area contributed by atoms with Crippen LogP contribution in [0.2, 0.25) is 0 Å². The number of aromatic nitrogens is 3. The highest BCUT2D eigenvalue weighted by atomic mass is 32.1. The Morgan fingerprint density at radius 3 is 2.47 bits per heavy atom. The molecule has 0 unspecified atom stereocenters. The molecule has 0 radical (unpaired) electrons. The minimum atomic E-state index is -0.495. The minimum absolute atomic E-state index is 0.135. The normalized spacial score (nSPS) is 13.6. The standard InChI is InChI=1S/C25H27N5O3S/c1-3-16-9-7-10-17(4-2)20(16)26-19(31)15-30-23-22(28-25(34-23)29-12-5-6-13-29)21(27-24(30)32)18-11-8-14-33-18/h7-11,14H,3-6,12-13,15H2,1-2H3,(H,26,31). The van der Waals surface area contributed by atoms with E-state index in [2.05, 4.69) is 29.0 Å². The number of benzene rings is 1. The van der Waals surface area contributed by atoms with Gasteiger partial charge >= 0.3 is 5.69 Å². The first-order valence-electron chi connectivity index (χ1n) is 11.7. The quantitative estimate of drug-likeness (QED) is 0.422. The van der Waals surface area contributed by atoms with E-state index in [4.69, 9.17) is 9.40 Å². The number of para-hydroxylation sites is 1.